The maximum absolute atomic E-state index is 10.4. The molecule has 0 saturated carbocycles. The molecule has 3 N–H and O–H groups in total. The summed E-state index contributed by atoms with van der Waals surface area (Å²) in [5.41, 5.74) is 5.24. The van der Waals surface area contributed by atoms with E-state index in [0.717, 1.165) is 0 Å². The molecule has 70 valence electrons. The highest BCUT2D eigenvalue weighted by atomic mass is 32.2. The van der Waals surface area contributed by atoms with Crippen LogP contribution in [0.3, 0.4) is 0 Å². The zero-order chi connectivity index (χ0) is 10.3. The van der Waals surface area contributed by atoms with E-state index in [2.05, 4.69) is 0 Å². The van der Waals surface area contributed by atoms with Gasteiger partial charge in [0.1, 0.15) is 6.04 Å². The first kappa shape index (κ1) is 11.8. The number of carbonyl (C=O) groups is 1. The van der Waals surface area contributed by atoms with Crippen molar-refractivity contribution in [2.45, 2.75) is 6.04 Å². The Morgan fingerprint density at radius 1 is 1.62 bits per heavy atom. The molecule has 0 aliphatic heterocycles. The molecule has 0 radical (unpaired) electrons. The highest BCUT2D eigenvalue weighted by Crippen LogP contribution is 2.10. The summed E-state index contributed by atoms with van der Waals surface area (Å²) >= 11 is 1.20. The largest absolute Gasteiger partial charge is 0.480 e. The van der Waals surface area contributed by atoms with Crippen LogP contribution in [0.4, 0.5) is 0 Å². The van der Waals surface area contributed by atoms with Crippen molar-refractivity contribution in [1.29, 1.82) is 10.5 Å². The third kappa shape index (κ3) is 4.36. The Balaban J connectivity index is 3.99. The molecule has 2 atom stereocenters. The molecule has 0 saturated heterocycles. The predicted molar refractivity (Wildman–Crippen MR) is 47.7 cm³/mol. The zero-order valence-electron chi connectivity index (χ0n) is 6.80. The van der Waals surface area contributed by atoms with Crippen LogP contribution in [0.15, 0.2) is 0 Å². The maximum atomic E-state index is 10.4. The van der Waals surface area contributed by atoms with Crippen molar-refractivity contribution >= 4 is 17.7 Å². The highest BCUT2D eigenvalue weighted by molar-refractivity contribution is 7.99. The van der Waals surface area contributed by atoms with Crippen molar-refractivity contribution in [3.05, 3.63) is 0 Å². The second-order valence-corrected chi connectivity index (χ2v) is 3.30. The molecule has 0 aromatic carbocycles. The minimum atomic E-state index is -1.19. The van der Waals surface area contributed by atoms with Gasteiger partial charge in [-0.15, -0.1) is 11.8 Å². The molecular weight excluding hydrogens is 190 g/mol. The van der Waals surface area contributed by atoms with Crippen LogP contribution in [-0.2, 0) is 4.79 Å². The van der Waals surface area contributed by atoms with Crippen LogP contribution in [0.25, 0.3) is 0 Å². The van der Waals surface area contributed by atoms with Gasteiger partial charge in [-0.2, -0.15) is 10.5 Å². The Kier molecular flexibility index (Phi) is 5.69. The first-order chi connectivity index (χ1) is 6.13. The van der Waals surface area contributed by atoms with Crippen LogP contribution in [0.5, 0.6) is 0 Å². The van der Waals surface area contributed by atoms with Gasteiger partial charge in [0.15, 0.2) is 0 Å². The lowest BCUT2D eigenvalue weighted by Crippen LogP contribution is -2.38. The summed E-state index contributed by atoms with van der Waals surface area (Å²) in [7, 11) is 0. The predicted octanol–water partition coefficient (Wildman–Crippen LogP) is -0.205. The monoisotopic (exact) mass is 199 g/mol. The number of nitriles is 2. The van der Waals surface area contributed by atoms with Crippen LogP contribution in [0, 0.1) is 28.6 Å². The lowest BCUT2D eigenvalue weighted by atomic mass is 10.1. The second-order valence-electron chi connectivity index (χ2n) is 2.27. The van der Waals surface area contributed by atoms with E-state index in [4.69, 9.17) is 21.4 Å². The summed E-state index contributed by atoms with van der Waals surface area (Å²) in [5.74, 6) is -1.41. The Bertz CT molecular complexity index is 255. The zero-order valence-corrected chi connectivity index (χ0v) is 7.62. The van der Waals surface area contributed by atoms with Gasteiger partial charge in [-0.1, -0.05) is 0 Å². The molecule has 0 amide bonds. The third-order valence-electron chi connectivity index (χ3n) is 1.35. The van der Waals surface area contributed by atoms with E-state index in [0.29, 0.717) is 0 Å². The molecule has 6 heteroatoms. The Morgan fingerprint density at radius 2 is 2.23 bits per heavy atom. The number of aliphatic carboxylic acids is 1. The normalized spacial score (nSPS) is 13.8. The quantitative estimate of drug-likeness (QED) is 0.593. The van der Waals surface area contributed by atoms with Gasteiger partial charge in [-0.3, -0.25) is 4.79 Å². The van der Waals surface area contributed by atoms with Gasteiger partial charge >= 0.3 is 5.97 Å². The van der Waals surface area contributed by atoms with Gasteiger partial charge in [0.25, 0.3) is 0 Å². The first-order valence-electron chi connectivity index (χ1n) is 3.46. The number of carboxylic acid groups (broad SMARTS) is 1. The second kappa shape index (κ2) is 6.30. The van der Waals surface area contributed by atoms with Crippen LogP contribution in [0.2, 0.25) is 0 Å². The molecule has 13 heavy (non-hydrogen) atoms. The van der Waals surface area contributed by atoms with E-state index in [-0.39, 0.29) is 11.5 Å². The number of rotatable bonds is 5. The van der Waals surface area contributed by atoms with Crippen LogP contribution in [0.1, 0.15) is 0 Å². The molecule has 5 nitrogen and oxygen atoms in total. The van der Waals surface area contributed by atoms with E-state index >= 15 is 0 Å². The summed E-state index contributed by atoms with van der Waals surface area (Å²) in [6.45, 7) is 0. The molecule has 0 aliphatic rings. The van der Waals surface area contributed by atoms with Crippen molar-refractivity contribution < 1.29 is 9.90 Å². The van der Waals surface area contributed by atoms with Crippen molar-refractivity contribution in [3.8, 4) is 12.1 Å². The fourth-order valence-electron chi connectivity index (χ4n) is 0.625. The Morgan fingerprint density at radius 3 is 2.62 bits per heavy atom. The summed E-state index contributed by atoms with van der Waals surface area (Å²) < 4.78 is 0. The number of hydrogen-bond acceptors (Lipinski definition) is 5. The van der Waals surface area contributed by atoms with Gasteiger partial charge < -0.3 is 10.8 Å². The van der Waals surface area contributed by atoms with E-state index in [1.807, 2.05) is 6.07 Å². The lowest BCUT2D eigenvalue weighted by Gasteiger charge is -2.11. The minimum absolute atomic E-state index is 0.241. The molecular formula is C7H9N3O2S. The summed E-state index contributed by atoms with van der Waals surface area (Å²) in [6.07, 6.45) is 0. The molecule has 2 unspecified atom stereocenters. The van der Waals surface area contributed by atoms with Gasteiger partial charge in [0.2, 0.25) is 0 Å². The van der Waals surface area contributed by atoms with Crippen LogP contribution >= 0.6 is 11.8 Å². The number of hydrogen-bond donors (Lipinski definition) is 2. The number of carboxylic acids is 1. The molecule has 0 aliphatic carbocycles. The molecule has 0 rings (SSSR count). The van der Waals surface area contributed by atoms with Crippen molar-refractivity contribution in [1.82, 2.24) is 0 Å². The molecule has 0 aromatic rings. The van der Waals surface area contributed by atoms with Crippen LogP contribution < -0.4 is 5.73 Å². The number of thioether (sulfide) groups is 1. The molecule has 0 bridgehead atoms. The smallest absolute Gasteiger partial charge is 0.321 e. The molecule has 0 spiro atoms. The average Bonchev–Trinajstić information content (AvgIpc) is 2.11. The Hall–Kier alpha value is -1.24. The number of nitrogens with two attached hydrogens (primary N) is 1. The summed E-state index contributed by atoms with van der Waals surface area (Å²) in [5, 5.41) is 25.2. The average molecular weight is 199 g/mol. The van der Waals surface area contributed by atoms with Crippen molar-refractivity contribution in [2.24, 2.45) is 11.7 Å². The fourth-order valence-corrected chi connectivity index (χ4v) is 1.37. The maximum Gasteiger partial charge on any atom is 0.321 e. The standard InChI is InChI=1S/C7H9N3O2S/c8-1-2-13-4-5(3-9)6(10)7(11)12/h5-6H,2,4,10H2,(H,11,12). The third-order valence-corrected chi connectivity index (χ3v) is 2.28. The van der Waals surface area contributed by atoms with E-state index in [9.17, 15) is 4.79 Å². The summed E-state index contributed by atoms with van der Waals surface area (Å²) in [4.78, 5) is 10.4. The fraction of sp³-hybridized carbons (Fsp3) is 0.571. The van der Waals surface area contributed by atoms with Crippen molar-refractivity contribution in [3.63, 3.8) is 0 Å². The van der Waals surface area contributed by atoms with Crippen molar-refractivity contribution in [2.75, 3.05) is 11.5 Å². The topological polar surface area (TPSA) is 111 Å². The highest BCUT2D eigenvalue weighted by Gasteiger charge is 2.23. The first-order valence-corrected chi connectivity index (χ1v) is 4.61. The van der Waals surface area contributed by atoms with E-state index in [1.165, 1.54) is 11.8 Å². The lowest BCUT2D eigenvalue weighted by molar-refractivity contribution is -0.139. The van der Waals surface area contributed by atoms with Gasteiger partial charge in [-0.05, 0) is 0 Å². The van der Waals surface area contributed by atoms with Crippen LogP contribution in [-0.4, -0.2) is 28.6 Å². The van der Waals surface area contributed by atoms with Gasteiger partial charge in [0, 0.05) is 5.75 Å². The number of nitrogens with zero attached hydrogens (tertiary/aromatic N) is 2. The molecule has 0 fully saturated rings. The summed E-state index contributed by atoms with van der Waals surface area (Å²) in [6, 6.07) is 2.52. The minimum Gasteiger partial charge on any atom is -0.480 e. The van der Waals surface area contributed by atoms with Gasteiger partial charge in [-0.25, -0.2) is 0 Å². The molecule has 0 aromatic heterocycles. The van der Waals surface area contributed by atoms with E-state index in [1.54, 1.807) is 6.07 Å². The van der Waals surface area contributed by atoms with Gasteiger partial charge in [0.05, 0.1) is 23.8 Å². The molecule has 0 heterocycles. The SMILES string of the molecule is N#CCSCC(C#N)C(N)C(=O)O. The van der Waals surface area contributed by atoms with E-state index < -0.39 is 17.9 Å². The Labute approximate surface area is 80.1 Å².